The van der Waals surface area contributed by atoms with Gasteiger partial charge in [-0.25, -0.2) is 0 Å². The number of carbonyl (C=O) groups is 1. The van der Waals surface area contributed by atoms with Crippen molar-refractivity contribution in [2.75, 3.05) is 13.2 Å². The lowest BCUT2D eigenvalue weighted by Crippen LogP contribution is -2.24. The van der Waals surface area contributed by atoms with Gasteiger partial charge in [0.1, 0.15) is 0 Å². The summed E-state index contributed by atoms with van der Waals surface area (Å²) >= 11 is 11.8. The van der Waals surface area contributed by atoms with Gasteiger partial charge in [0.05, 0.1) is 12.5 Å². The number of benzene rings is 1. The first-order valence-corrected chi connectivity index (χ1v) is 5.67. The summed E-state index contributed by atoms with van der Waals surface area (Å²) in [6.07, 6.45) is 0. The summed E-state index contributed by atoms with van der Waals surface area (Å²) in [5.74, 6) is -0.904. The molecule has 0 saturated carbocycles. The number of nitrogens with two attached hydrogens (primary N) is 1. The highest BCUT2D eigenvalue weighted by molar-refractivity contribution is 6.35. The summed E-state index contributed by atoms with van der Waals surface area (Å²) in [6.45, 7) is 2.22. The van der Waals surface area contributed by atoms with Gasteiger partial charge in [-0.2, -0.15) is 0 Å². The fourth-order valence-electron chi connectivity index (χ4n) is 1.38. The lowest BCUT2D eigenvalue weighted by Gasteiger charge is -2.15. The molecule has 88 valence electrons. The Morgan fingerprint density at radius 2 is 2.19 bits per heavy atom. The van der Waals surface area contributed by atoms with Crippen LogP contribution in [0.2, 0.25) is 10.0 Å². The molecule has 0 aliphatic carbocycles. The van der Waals surface area contributed by atoms with Gasteiger partial charge in [0, 0.05) is 16.6 Å². The molecular weight excluding hydrogens is 249 g/mol. The van der Waals surface area contributed by atoms with Crippen LogP contribution in [-0.2, 0) is 9.53 Å². The highest BCUT2D eigenvalue weighted by Gasteiger charge is 2.22. The molecule has 0 aromatic heterocycles. The standard InChI is InChI=1S/C11H13Cl2NO2/c1-2-16-11(15)9(6-14)8-4-3-7(12)5-10(8)13/h3-5,9H,2,6,14H2,1H3. The van der Waals surface area contributed by atoms with Gasteiger partial charge < -0.3 is 10.5 Å². The molecule has 1 aromatic rings. The van der Waals surface area contributed by atoms with Gasteiger partial charge in [-0.15, -0.1) is 0 Å². The van der Waals surface area contributed by atoms with Crippen molar-refractivity contribution in [3.05, 3.63) is 33.8 Å². The monoisotopic (exact) mass is 261 g/mol. The summed E-state index contributed by atoms with van der Waals surface area (Å²) in [4.78, 5) is 11.6. The van der Waals surface area contributed by atoms with E-state index in [1.165, 1.54) is 0 Å². The first-order chi connectivity index (χ1) is 7.60. The zero-order chi connectivity index (χ0) is 12.1. The highest BCUT2D eigenvalue weighted by Crippen LogP contribution is 2.27. The molecule has 5 heteroatoms. The predicted molar refractivity (Wildman–Crippen MR) is 64.9 cm³/mol. The van der Waals surface area contributed by atoms with Crippen molar-refractivity contribution in [2.45, 2.75) is 12.8 Å². The Morgan fingerprint density at radius 3 is 2.69 bits per heavy atom. The Morgan fingerprint density at radius 1 is 1.50 bits per heavy atom. The van der Waals surface area contributed by atoms with E-state index in [9.17, 15) is 4.79 Å². The number of rotatable bonds is 4. The van der Waals surface area contributed by atoms with Crippen LogP contribution in [0.3, 0.4) is 0 Å². The Kier molecular flexibility index (Phi) is 5.06. The van der Waals surface area contributed by atoms with Gasteiger partial charge >= 0.3 is 5.97 Å². The van der Waals surface area contributed by atoms with Crippen molar-refractivity contribution in [1.29, 1.82) is 0 Å². The Balaban J connectivity index is 2.99. The molecule has 0 aliphatic rings. The highest BCUT2D eigenvalue weighted by atomic mass is 35.5. The van der Waals surface area contributed by atoms with Gasteiger partial charge in [-0.05, 0) is 24.6 Å². The van der Waals surface area contributed by atoms with Crippen LogP contribution in [0, 0.1) is 0 Å². The van der Waals surface area contributed by atoms with E-state index in [0.29, 0.717) is 22.2 Å². The topological polar surface area (TPSA) is 52.3 Å². The van der Waals surface area contributed by atoms with E-state index in [4.69, 9.17) is 33.7 Å². The lowest BCUT2D eigenvalue weighted by molar-refractivity contribution is -0.144. The first-order valence-electron chi connectivity index (χ1n) is 4.91. The van der Waals surface area contributed by atoms with Gasteiger partial charge in [0.2, 0.25) is 0 Å². The van der Waals surface area contributed by atoms with E-state index in [0.717, 1.165) is 0 Å². The van der Waals surface area contributed by atoms with Crippen LogP contribution in [0.1, 0.15) is 18.4 Å². The van der Waals surface area contributed by atoms with Gasteiger partial charge in [-0.1, -0.05) is 29.3 Å². The summed E-state index contributed by atoms with van der Waals surface area (Å²) in [5, 5.41) is 0.949. The maximum Gasteiger partial charge on any atom is 0.314 e. The molecule has 1 unspecified atom stereocenters. The third kappa shape index (κ3) is 3.11. The van der Waals surface area contributed by atoms with Gasteiger partial charge in [-0.3, -0.25) is 4.79 Å². The number of halogens is 2. The summed E-state index contributed by atoms with van der Waals surface area (Å²) in [7, 11) is 0. The van der Waals surface area contributed by atoms with Gasteiger partial charge in [0.15, 0.2) is 0 Å². The summed E-state index contributed by atoms with van der Waals surface area (Å²) in [6, 6.07) is 4.95. The third-order valence-corrected chi connectivity index (χ3v) is 2.71. The van der Waals surface area contributed by atoms with E-state index < -0.39 is 5.92 Å². The van der Waals surface area contributed by atoms with Crippen LogP contribution < -0.4 is 5.73 Å². The minimum absolute atomic E-state index is 0.153. The van der Waals surface area contributed by atoms with E-state index in [1.807, 2.05) is 0 Å². The Hall–Kier alpha value is -0.770. The number of carbonyl (C=O) groups excluding carboxylic acids is 1. The SMILES string of the molecule is CCOC(=O)C(CN)c1ccc(Cl)cc1Cl. The second-order valence-electron chi connectivity index (χ2n) is 3.21. The normalized spacial score (nSPS) is 12.2. The molecule has 1 rings (SSSR count). The van der Waals surface area contributed by atoms with Crippen LogP contribution in [-0.4, -0.2) is 19.1 Å². The fraction of sp³-hybridized carbons (Fsp3) is 0.364. The Bertz CT molecular complexity index is 382. The third-order valence-electron chi connectivity index (χ3n) is 2.14. The zero-order valence-corrected chi connectivity index (χ0v) is 10.4. The fourth-order valence-corrected chi connectivity index (χ4v) is 1.92. The molecule has 1 aromatic carbocycles. The van der Waals surface area contributed by atoms with Crippen molar-refractivity contribution >= 4 is 29.2 Å². The van der Waals surface area contributed by atoms with E-state index in [-0.39, 0.29) is 12.5 Å². The molecule has 3 nitrogen and oxygen atoms in total. The second kappa shape index (κ2) is 6.09. The van der Waals surface area contributed by atoms with E-state index in [2.05, 4.69) is 0 Å². The summed E-state index contributed by atoms with van der Waals surface area (Å²) < 4.78 is 4.92. The van der Waals surface area contributed by atoms with Gasteiger partial charge in [0.25, 0.3) is 0 Å². The Labute approximate surface area is 104 Å². The molecule has 16 heavy (non-hydrogen) atoms. The molecular formula is C11H13Cl2NO2. The lowest BCUT2D eigenvalue weighted by atomic mass is 9.99. The molecule has 2 N–H and O–H groups in total. The largest absolute Gasteiger partial charge is 0.465 e. The number of esters is 1. The van der Waals surface area contributed by atoms with Crippen LogP contribution in [0.5, 0.6) is 0 Å². The molecule has 0 saturated heterocycles. The van der Waals surface area contributed by atoms with Crippen molar-refractivity contribution in [3.63, 3.8) is 0 Å². The van der Waals surface area contributed by atoms with Crippen LogP contribution in [0.15, 0.2) is 18.2 Å². The second-order valence-corrected chi connectivity index (χ2v) is 4.05. The predicted octanol–water partition coefficient (Wildman–Crippen LogP) is 2.60. The minimum Gasteiger partial charge on any atom is -0.465 e. The van der Waals surface area contributed by atoms with Crippen molar-refractivity contribution in [1.82, 2.24) is 0 Å². The number of hydrogen-bond acceptors (Lipinski definition) is 3. The van der Waals surface area contributed by atoms with Crippen LogP contribution >= 0.6 is 23.2 Å². The minimum atomic E-state index is -0.537. The molecule has 1 atom stereocenters. The quantitative estimate of drug-likeness (QED) is 0.848. The molecule has 0 heterocycles. The maximum absolute atomic E-state index is 11.6. The van der Waals surface area contributed by atoms with Crippen molar-refractivity contribution in [2.24, 2.45) is 5.73 Å². The maximum atomic E-state index is 11.6. The molecule has 0 radical (unpaired) electrons. The van der Waals surface area contributed by atoms with E-state index in [1.54, 1.807) is 25.1 Å². The molecule has 0 spiro atoms. The number of hydrogen-bond donors (Lipinski definition) is 1. The van der Waals surface area contributed by atoms with Crippen LogP contribution in [0.4, 0.5) is 0 Å². The first kappa shape index (κ1) is 13.3. The molecule has 0 amide bonds. The number of ether oxygens (including phenoxy) is 1. The van der Waals surface area contributed by atoms with Crippen molar-refractivity contribution in [3.8, 4) is 0 Å². The molecule has 0 aliphatic heterocycles. The molecule has 0 bridgehead atoms. The van der Waals surface area contributed by atoms with Crippen LogP contribution in [0.25, 0.3) is 0 Å². The molecule has 0 fully saturated rings. The summed E-state index contributed by atoms with van der Waals surface area (Å²) in [5.41, 5.74) is 6.20. The zero-order valence-electron chi connectivity index (χ0n) is 8.87. The van der Waals surface area contributed by atoms with E-state index >= 15 is 0 Å². The van der Waals surface area contributed by atoms with Crippen molar-refractivity contribution < 1.29 is 9.53 Å². The smallest absolute Gasteiger partial charge is 0.314 e. The average molecular weight is 262 g/mol. The average Bonchev–Trinajstić information content (AvgIpc) is 2.22.